The molecule has 3 nitrogen and oxygen atoms in total. The number of rotatable bonds is 2. The Kier molecular flexibility index (Phi) is 3.36. The van der Waals surface area contributed by atoms with Crippen LogP contribution in [0.25, 0.3) is 0 Å². The highest BCUT2D eigenvalue weighted by Crippen LogP contribution is 2.20. The Morgan fingerprint density at radius 1 is 1.57 bits per heavy atom. The van der Waals surface area contributed by atoms with Crippen LogP contribution in [0.3, 0.4) is 0 Å². The summed E-state index contributed by atoms with van der Waals surface area (Å²) in [4.78, 5) is 21.8. The van der Waals surface area contributed by atoms with Crippen molar-refractivity contribution in [1.82, 2.24) is 0 Å². The summed E-state index contributed by atoms with van der Waals surface area (Å²) >= 11 is 1.90. The van der Waals surface area contributed by atoms with Gasteiger partial charge in [-0.1, -0.05) is 0 Å². The summed E-state index contributed by atoms with van der Waals surface area (Å²) in [5, 5.41) is 8.76. The predicted octanol–water partition coefficient (Wildman–Crippen LogP) is 2.18. The van der Waals surface area contributed by atoms with E-state index >= 15 is 0 Å². The molecule has 0 aromatic heterocycles. The molecule has 4 heteroatoms. The highest BCUT2D eigenvalue weighted by Gasteiger charge is 2.14. The number of benzene rings is 1. The zero-order valence-electron chi connectivity index (χ0n) is 7.37. The van der Waals surface area contributed by atoms with Gasteiger partial charge in [-0.3, -0.25) is 9.59 Å². The molecular formula is C10H6INO2. The summed E-state index contributed by atoms with van der Waals surface area (Å²) in [7, 11) is 0. The van der Waals surface area contributed by atoms with E-state index in [-0.39, 0.29) is 5.78 Å². The van der Waals surface area contributed by atoms with Gasteiger partial charge in [0, 0.05) is 14.7 Å². The van der Waals surface area contributed by atoms with Gasteiger partial charge >= 0.3 is 0 Å². The second-order valence-corrected chi connectivity index (χ2v) is 3.76. The van der Waals surface area contributed by atoms with Crippen LogP contribution in [-0.2, 0) is 0 Å². The van der Waals surface area contributed by atoms with Crippen LogP contribution in [0.5, 0.6) is 0 Å². The fourth-order valence-electron chi connectivity index (χ4n) is 1.12. The number of hydrogen-bond donors (Lipinski definition) is 0. The number of ketones is 1. The summed E-state index contributed by atoms with van der Waals surface area (Å²) in [6.45, 7) is 1.38. The summed E-state index contributed by atoms with van der Waals surface area (Å²) in [6.07, 6.45) is 0.676. The maximum atomic E-state index is 11.2. The highest BCUT2D eigenvalue weighted by atomic mass is 127. The Morgan fingerprint density at radius 2 is 2.21 bits per heavy atom. The fraction of sp³-hybridized carbons (Fsp3) is 0.100. The predicted molar refractivity (Wildman–Crippen MR) is 59.3 cm³/mol. The van der Waals surface area contributed by atoms with Gasteiger partial charge in [-0.15, -0.1) is 0 Å². The van der Waals surface area contributed by atoms with Gasteiger partial charge < -0.3 is 0 Å². The van der Waals surface area contributed by atoms with Gasteiger partial charge in [0.25, 0.3) is 0 Å². The van der Waals surface area contributed by atoms with Gasteiger partial charge in [0.1, 0.15) is 0 Å². The van der Waals surface area contributed by atoms with Crippen LogP contribution in [0.15, 0.2) is 12.1 Å². The van der Waals surface area contributed by atoms with Crippen LogP contribution in [-0.4, -0.2) is 12.1 Å². The molecule has 1 aromatic rings. The molecule has 0 bridgehead atoms. The van der Waals surface area contributed by atoms with Crippen molar-refractivity contribution in [2.24, 2.45) is 0 Å². The van der Waals surface area contributed by atoms with E-state index in [9.17, 15) is 9.59 Å². The lowest BCUT2D eigenvalue weighted by Gasteiger charge is -2.04. The molecule has 70 valence electrons. The minimum Gasteiger partial charge on any atom is -0.298 e. The zero-order chi connectivity index (χ0) is 10.7. The van der Waals surface area contributed by atoms with Crippen molar-refractivity contribution < 1.29 is 9.59 Å². The molecule has 1 aromatic carbocycles. The third kappa shape index (κ3) is 1.82. The van der Waals surface area contributed by atoms with Crippen molar-refractivity contribution in [2.75, 3.05) is 0 Å². The molecular weight excluding hydrogens is 293 g/mol. The SMILES string of the molecule is CC(=O)c1c(C#N)ccc(C=O)c1I. The molecule has 1 rings (SSSR count). The van der Waals surface area contributed by atoms with E-state index in [1.807, 2.05) is 28.7 Å². The average molecular weight is 299 g/mol. The van der Waals surface area contributed by atoms with Gasteiger partial charge in [0.05, 0.1) is 11.6 Å². The Balaban J connectivity index is 3.56. The highest BCUT2D eigenvalue weighted by molar-refractivity contribution is 14.1. The summed E-state index contributed by atoms with van der Waals surface area (Å²) in [5.74, 6) is -0.199. The van der Waals surface area contributed by atoms with Crippen LogP contribution in [0, 0.1) is 14.9 Å². The van der Waals surface area contributed by atoms with E-state index in [4.69, 9.17) is 5.26 Å². The van der Waals surface area contributed by atoms with E-state index < -0.39 is 0 Å². The Morgan fingerprint density at radius 3 is 2.64 bits per heavy atom. The second kappa shape index (κ2) is 4.33. The first-order valence-corrected chi connectivity index (χ1v) is 4.88. The van der Waals surface area contributed by atoms with Crippen molar-refractivity contribution in [2.45, 2.75) is 6.92 Å². The molecule has 0 aliphatic carbocycles. The Labute approximate surface area is 94.9 Å². The molecule has 0 spiro atoms. The lowest BCUT2D eigenvalue weighted by Crippen LogP contribution is -2.03. The molecule has 0 radical (unpaired) electrons. The minimum absolute atomic E-state index is 0.199. The number of halogens is 1. The first kappa shape index (κ1) is 10.9. The van der Waals surface area contributed by atoms with Crippen LogP contribution >= 0.6 is 22.6 Å². The fourth-order valence-corrected chi connectivity index (χ4v) is 2.10. The standard InChI is InChI=1S/C10H6INO2/c1-6(14)9-7(4-12)2-3-8(5-13)10(9)11/h2-3,5H,1H3. The molecule has 0 amide bonds. The molecule has 0 atom stereocenters. The van der Waals surface area contributed by atoms with Gasteiger partial charge in [-0.2, -0.15) is 5.26 Å². The average Bonchev–Trinajstić information content (AvgIpc) is 2.16. The van der Waals surface area contributed by atoms with Crippen molar-refractivity contribution in [3.8, 4) is 6.07 Å². The molecule has 0 aliphatic heterocycles. The summed E-state index contributed by atoms with van der Waals surface area (Å²) in [5.41, 5.74) is 1.08. The second-order valence-electron chi connectivity index (χ2n) is 2.68. The van der Waals surface area contributed by atoms with Gasteiger partial charge in [0.15, 0.2) is 12.1 Å². The first-order chi connectivity index (χ1) is 6.61. The number of nitriles is 1. The molecule has 0 N–H and O–H groups in total. The van der Waals surface area contributed by atoms with Crippen LogP contribution in [0.4, 0.5) is 0 Å². The molecule has 0 saturated carbocycles. The van der Waals surface area contributed by atoms with Gasteiger partial charge in [0.2, 0.25) is 0 Å². The number of hydrogen-bond acceptors (Lipinski definition) is 3. The van der Waals surface area contributed by atoms with Gasteiger partial charge in [-0.05, 0) is 41.6 Å². The van der Waals surface area contributed by atoms with Crippen molar-refractivity contribution in [1.29, 1.82) is 5.26 Å². The number of aldehydes is 1. The lowest BCUT2D eigenvalue weighted by atomic mass is 10.0. The number of nitrogens with zero attached hydrogens (tertiary/aromatic N) is 1. The molecule has 14 heavy (non-hydrogen) atoms. The van der Waals surface area contributed by atoms with E-state index in [1.54, 1.807) is 6.07 Å². The molecule has 0 unspecified atom stereocenters. The molecule has 0 fully saturated rings. The zero-order valence-corrected chi connectivity index (χ0v) is 9.53. The monoisotopic (exact) mass is 299 g/mol. The van der Waals surface area contributed by atoms with Crippen molar-refractivity contribution >= 4 is 34.7 Å². The Bertz CT molecular complexity index is 446. The molecule has 0 heterocycles. The topological polar surface area (TPSA) is 57.9 Å². The summed E-state index contributed by atoms with van der Waals surface area (Å²) < 4.78 is 0.546. The van der Waals surface area contributed by atoms with Crippen molar-refractivity contribution in [3.63, 3.8) is 0 Å². The van der Waals surface area contributed by atoms with Crippen molar-refractivity contribution in [3.05, 3.63) is 32.4 Å². The van der Waals surface area contributed by atoms with Crippen LogP contribution in [0.1, 0.15) is 33.2 Å². The molecule has 0 aliphatic rings. The van der Waals surface area contributed by atoms with E-state index in [2.05, 4.69) is 0 Å². The minimum atomic E-state index is -0.199. The van der Waals surface area contributed by atoms with Gasteiger partial charge in [-0.25, -0.2) is 0 Å². The maximum absolute atomic E-state index is 11.2. The number of carbonyl (C=O) groups excluding carboxylic acids is 2. The normalized spacial score (nSPS) is 9.21. The quantitative estimate of drug-likeness (QED) is 0.478. The molecule has 0 saturated heterocycles. The number of carbonyl (C=O) groups is 2. The Hall–Kier alpha value is -1.22. The largest absolute Gasteiger partial charge is 0.298 e. The third-order valence-corrected chi connectivity index (χ3v) is 2.93. The van der Waals surface area contributed by atoms with E-state index in [0.717, 1.165) is 0 Å². The van der Waals surface area contributed by atoms with Crippen LogP contribution in [0.2, 0.25) is 0 Å². The third-order valence-electron chi connectivity index (χ3n) is 1.77. The van der Waals surface area contributed by atoms with Crippen LogP contribution < -0.4 is 0 Å². The maximum Gasteiger partial charge on any atom is 0.162 e. The number of Topliss-reactive ketones (excluding diaryl/α,β-unsaturated/α-hetero) is 1. The van der Waals surface area contributed by atoms with E-state index in [1.165, 1.54) is 13.0 Å². The lowest BCUT2D eigenvalue weighted by molar-refractivity contribution is 0.101. The summed E-state index contributed by atoms with van der Waals surface area (Å²) in [6, 6.07) is 4.96. The first-order valence-electron chi connectivity index (χ1n) is 3.80. The van der Waals surface area contributed by atoms with E-state index in [0.29, 0.717) is 26.5 Å². The smallest absolute Gasteiger partial charge is 0.162 e.